The van der Waals surface area contributed by atoms with Crippen LogP contribution in [0.1, 0.15) is 16.1 Å². The number of aromatic nitrogens is 1. The molecule has 0 atom stereocenters. The Bertz CT molecular complexity index is 974. The first-order chi connectivity index (χ1) is 14.3. The van der Waals surface area contributed by atoms with Crippen molar-refractivity contribution in [1.82, 2.24) is 15.2 Å². The van der Waals surface area contributed by atoms with Gasteiger partial charge >= 0.3 is 0 Å². The van der Waals surface area contributed by atoms with Crippen LogP contribution in [0.3, 0.4) is 0 Å². The summed E-state index contributed by atoms with van der Waals surface area (Å²) in [6.07, 6.45) is 2.65. The Balaban J connectivity index is 1.67. The molecule has 30 heavy (non-hydrogen) atoms. The molecular formula is C20H24N4O5S. The highest BCUT2D eigenvalue weighted by Crippen LogP contribution is 2.19. The molecular weight excluding hydrogens is 408 g/mol. The molecule has 0 radical (unpaired) electrons. The number of ether oxygens (including phenoxy) is 1. The molecule has 1 saturated heterocycles. The molecule has 3 rings (SSSR count). The number of pyridine rings is 1. The van der Waals surface area contributed by atoms with E-state index < -0.39 is 15.9 Å². The number of benzene rings is 1. The Morgan fingerprint density at radius 3 is 2.43 bits per heavy atom. The summed E-state index contributed by atoms with van der Waals surface area (Å²) in [4.78, 5) is 30.7. The van der Waals surface area contributed by atoms with Gasteiger partial charge in [-0.2, -0.15) is 0 Å². The topological polar surface area (TPSA) is 109 Å². The Hall–Kier alpha value is -2.98. The third-order valence-electron chi connectivity index (χ3n) is 4.58. The maximum absolute atomic E-state index is 12.5. The predicted molar refractivity (Wildman–Crippen MR) is 111 cm³/mol. The second-order valence-electron chi connectivity index (χ2n) is 6.82. The molecule has 1 fully saturated rings. The molecule has 2 aromatic rings. The van der Waals surface area contributed by atoms with Crippen molar-refractivity contribution in [1.29, 1.82) is 0 Å². The number of nitrogens with one attached hydrogen (secondary N) is 1. The smallest absolute Gasteiger partial charge is 0.254 e. The molecule has 0 spiro atoms. The van der Waals surface area contributed by atoms with Crippen molar-refractivity contribution in [3.05, 3.63) is 59.9 Å². The van der Waals surface area contributed by atoms with Crippen molar-refractivity contribution >= 4 is 27.5 Å². The van der Waals surface area contributed by atoms with Gasteiger partial charge in [-0.3, -0.25) is 18.9 Å². The second kappa shape index (κ2) is 9.68. The molecule has 9 nitrogen and oxygen atoms in total. The lowest BCUT2D eigenvalue weighted by Crippen LogP contribution is -2.41. The van der Waals surface area contributed by atoms with E-state index in [1.807, 2.05) is 0 Å². The van der Waals surface area contributed by atoms with Crippen molar-refractivity contribution in [2.75, 3.05) is 43.4 Å². The molecule has 2 amide bonds. The molecule has 1 aromatic carbocycles. The summed E-state index contributed by atoms with van der Waals surface area (Å²) in [5, 5.41) is 2.66. The second-order valence-corrected chi connectivity index (χ2v) is 8.73. The van der Waals surface area contributed by atoms with Gasteiger partial charge in [0.15, 0.2) is 0 Å². The number of hydrogen-bond donors (Lipinski definition) is 1. The zero-order chi connectivity index (χ0) is 21.6. The molecule has 1 aliphatic rings. The Labute approximate surface area is 175 Å². The third-order valence-corrected chi connectivity index (χ3v) is 5.72. The number of carbonyl (C=O) groups excluding carboxylic acids is 2. The molecule has 0 aliphatic carbocycles. The van der Waals surface area contributed by atoms with Gasteiger partial charge in [0, 0.05) is 24.8 Å². The molecule has 1 N–H and O–H groups in total. The van der Waals surface area contributed by atoms with Crippen molar-refractivity contribution in [3.63, 3.8) is 0 Å². The number of hydrogen-bond acceptors (Lipinski definition) is 6. The van der Waals surface area contributed by atoms with Gasteiger partial charge in [0.1, 0.15) is 6.54 Å². The maximum Gasteiger partial charge on any atom is 0.254 e. The minimum Gasteiger partial charge on any atom is -0.378 e. The minimum atomic E-state index is -3.70. The van der Waals surface area contributed by atoms with Crippen LogP contribution in [-0.2, 0) is 26.1 Å². The van der Waals surface area contributed by atoms with Crippen LogP contribution in [0, 0.1) is 0 Å². The fourth-order valence-corrected chi connectivity index (χ4v) is 3.85. The van der Waals surface area contributed by atoms with Crippen LogP contribution in [0.25, 0.3) is 0 Å². The fourth-order valence-electron chi connectivity index (χ4n) is 3.00. The zero-order valence-corrected chi connectivity index (χ0v) is 17.5. The summed E-state index contributed by atoms with van der Waals surface area (Å²) in [7, 11) is -3.70. The minimum absolute atomic E-state index is 0.135. The Kier molecular flexibility index (Phi) is 7.01. The van der Waals surface area contributed by atoms with E-state index in [4.69, 9.17) is 4.74 Å². The van der Waals surface area contributed by atoms with Gasteiger partial charge in [0.25, 0.3) is 5.91 Å². The third kappa shape index (κ3) is 5.77. The van der Waals surface area contributed by atoms with Gasteiger partial charge in [0.2, 0.25) is 15.9 Å². The monoisotopic (exact) mass is 432 g/mol. The van der Waals surface area contributed by atoms with E-state index in [1.165, 1.54) is 12.1 Å². The van der Waals surface area contributed by atoms with Gasteiger partial charge in [-0.1, -0.05) is 6.07 Å². The van der Waals surface area contributed by atoms with E-state index in [2.05, 4.69) is 10.3 Å². The SMILES string of the molecule is CS(=O)(=O)N(CC(=O)NCc1ccccn1)c1ccc(C(=O)N2CCOCC2)cc1. The van der Waals surface area contributed by atoms with E-state index in [0.717, 1.165) is 10.6 Å². The fraction of sp³-hybridized carbons (Fsp3) is 0.350. The van der Waals surface area contributed by atoms with Gasteiger partial charge < -0.3 is 15.0 Å². The lowest BCUT2D eigenvalue weighted by atomic mass is 10.1. The predicted octanol–water partition coefficient (Wildman–Crippen LogP) is 0.636. The van der Waals surface area contributed by atoms with E-state index in [9.17, 15) is 18.0 Å². The summed E-state index contributed by atoms with van der Waals surface area (Å²) >= 11 is 0. The van der Waals surface area contributed by atoms with Crippen LogP contribution >= 0.6 is 0 Å². The van der Waals surface area contributed by atoms with E-state index in [1.54, 1.807) is 41.4 Å². The highest BCUT2D eigenvalue weighted by atomic mass is 32.2. The standard InChI is InChI=1S/C20H24N4O5S/c1-30(27,28)24(15-19(25)22-14-17-4-2-3-9-21-17)18-7-5-16(6-8-18)20(26)23-10-12-29-13-11-23/h2-9H,10-15H2,1H3,(H,22,25). The Morgan fingerprint density at radius 1 is 1.13 bits per heavy atom. The largest absolute Gasteiger partial charge is 0.378 e. The lowest BCUT2D eigenvalue weighted by molar-refractivity contribution is -0.119. The van der Waals surface area contributed by atoms with Crippen LogP contribution in [-0.4, -0.2) is 69.2 Å². The lowest BCUT2D eigenvalue weighted by Gasteiger charge is -2.27. The van der Waals surface area contributed by atoms with E-state index in [-0.39, 0.29) is 19.0 Å². The van der Waals surface area contributed by atoms with E-state index in [0.29, 0.717) is 43.2 Å². The summed E-state index contributed by atoms with van der Waals surface area (Å²) < 4.78 is 30.8. The normalized spacial score (nSPS) is 14.2. The van der Waals surface area contributed by atoms with Gasteiger partial charge in [-0.15, -0.1) is 0 Å². The number of nitrogens with zero attached hydrogens (tertiary/aromatic N) is 3. The Morgan fingerprint density at radius 2 is 1.83 bits per heavy atom. The zero-order valence-electron chi connectivity index (χ0n) is 16.7. The first-order valence-corrected chi connectivity index (χ1v) is 11.3. The van der Waals surface area contributed by atoms with Crippen molar-refractivity contribution < 1.29 is 22.7 Å². The van der Waals surface area contributed by atoms with Crippen LogP contribution < -0.4 is 9.62 Å². The van der Waals surface area contributed by atoms with Crippen molar-refractivity contribution in [2.45, 2.75) is 6.54 Å². The van der Waals surface area contributed by atoms with Gasteiger partial charge in [-0.05, 0) is 36.4 Å². The number of rotatable bonds is 7. The highest BCUT2D eigenvalue weighted by Gasteiger charge is 2.22. The summed E-state index contributed by atoms with van der Waals surface area (Å²) in [5.74, 6) is -0.594. The average Bonchev–Trinajstić information content (AvgIpc) is 2.76. The van der Waals surface area contributed by atoms with Gasteiger partial charge in [-0.25, -0.2) is 8.42 Å². The molecule has 1 aliphatic heterocycles. The van der Waals surface area contributed by atoms with Crippen molar-refractivity contribution in [3.8, 4) is 0 Å². The highest BCUT2D eigenvalue weighted by molar-refractivity contribution is 7.92. The quantitative estimate of drug-likeness (QED) is 0.688. The number of sulfonamides is 1. The molecule has 1 aromatic heterocycles. The molecule has 0 saturated carbocycles. The first kappa shape index (κ1) is 21.7. The van der Waals surface area contributed by atoms with Crippen LogP contribution in [0.4, 0.5) is 5.69 Å². The molecule has 0 bridgehead atoms. The number of morpholine rings is 1. The molecule has 10 heteroatoms. The van der Waals surface area contributed by atoms with Crippen LogP contribution in [0.15, 0.2) is 48.7 Å². The van der Waals surface area contributed by atoms with Crippen LogP contribution in [0.5, 0.6) is 0 Å². The number of amides is 2. The number of carbonyl (C=O) groups is 2. The van der Waals surface area contributed by atoms with Crippen LogP contribution in [0.2, 0.25) is 0 Å². The van der Waals surface area contributed by atoms with Crippen molar-refractivity contribution in [2.24, 2.45) is 0 Å². The number of anilines is 1. The van der Waals surface area contributed by atoms with Gasteiger partial charge in [0.05, 0.1) is 37.4 Å². The maximum atomic E-state index is 12.5. The molecule has 160 valence electrons. The molecule has 0 unspecified atom stereocenters. The summed E-state index contributed by atoms with van der Waals surface area (Å²) in [6, 6.07) is 11.5. The summed E-state index contributed by atoms with van der Waals surface area (Å²) in [5.41, 5.74) is 1.43. The summed E-state index contributed by atoms with van der Waals surface area (Å²) in [6.45, 7) is 1.87. The first-order valence-electron chi connectivity index (χ1n) is 9.46. The molecule has 2 heterocycles. The average molecular weight is 433 g/mol. The van der Waals surface area contributed by atoms with E-state index >= 15 is 0 Å².